The molecule has 0 aromatic carbocycles. The molecule has 12 heavy (non-hydrogen) atoms. The van der Waals surface area contributed by atoms with E-state index in [1.807, 2.05) is 12.1 Å². The molecule has 0 unspecified atom stereocenters. The van der Waals surface area contributed by atoms with Gasteiger partial charge in [-0.15, -0.1) is 0 Å². The first kappa shape index (κ1) is 7.72. The average molecular weight is 272 g/mol. The molecule has 0 N–H and O–H groups in total. The van der Waals surface area contributed by atoms with Crippen molar-refractivity contribution in [3.63, 3.8) is 0 Å². The predicted molar refractivity (Wildman–Crippen MR) is 53.3 cm³/mol. The van der Waals surface area contributed by atoms with Crippen LogP contribution < -0.4 is 0 Å². The van der Waals surface area contributed by atoms with E-state index in [2.05, 4.69) is 27.6 Å². The number of aldehydes is 1. The molecule has 0 saturated heterocycles. The molecular formula is C8H5IN2O. The topological polar surface area (TPSA) is 34.4 Å². The number of aromatic nitrogens is 2. The SMILES string of the molecule is O=Cc1c(I)ccc2cncn12. The molecule has 3 nitrogen and oxygen atoms in total. The van der Waals surface area contributed by atoms with Gasteiger partial charge in [0.25, 0.3) is 0 Å². The maximum Gasteiger partial charge on any atom is 0.167 e. The highest BCUT2D eigenvalue weighted by Gasteiger charge is 2.02. The minimum Gasteiger partial charge on any atom is -0.296 e. The Hall–Kier alpha value is -0.910. The Morgan fingerprint density at radius 3 is 3.08 bits per heavy atom. The van der Waals surface area contributed by atoms with Gasteiger partial charge in [-0.25, -0.2) is 4.98 Å². The summed E-state index contributed by atoms with van der Waals surface area (Å²) in [7, 11) is 0. The molecule has 0 aliphatic heterocycles. The van der Waals surface area contributed by atoms with E-state index in [9.17, 15) is 4.79 Å². The van der Waals surface area contributed by atoms with Crippen LogP contribution in [0.5, 0.6) is 0 Å². The zero-order valence-electron chi connectivity index (χ0n) is 6.07. The van der Waals surface area contributed by atoms with E-state index >= 15 is 0 Å². The Morgan fingerprint density at radius 1 is 1.50 bits per heavy atom. The van der Waals surface area contributed by atoms with Gasteiger partial charge < -0.3 is 0 Å². The molecule has 0 fully saturated rings. The first-order chi connectivity index (χ1) is 5.83. The van der Waals surface area contributed by atoms with Gasteiger partial charge in [-0.1, -0.05) is 0 Å². The lowest BCUT2D eigenvalue weighted by Crippen LogP contribution is -1.96. The molecular weight excluding hydrogens is 267 g/mol. The third-order valence-electron chi connectivity index (χ3n) is 1.68. The van der Waals surface area contributed by atoms with E-state index in [0.29, 0.717) is 5.69 Å². The Kier molecular flexibility index (Phi) is 1.84. The van der Waals surface area contributed by atoms with E-state index < -0.39 is 0 Å². The van der Waals surface area contributed by atoms with E-state index in [1.165, 1.54) is 0 Å². The normalized spacial score (nSPS) is 10.4. The lowest BCUT2D eigenvalue weighted by atomic mass is 10.3. The minimum atomic E-state index is 0.658. The molecule has 4 heteroatoms. The highest BCUT2D eigenvalue weighted by atomic mass is 127. The van der Waals surface area contributed by atoms with Gasteiger partial charge in [-0.3, -0.25) is 9.20 Å². The van der Waals surface area contributed by atoms with Crippen molar-refractivity contribution in [2.24, 2.45) is 0 Å². The summed E-state index contributed by atoms with van der Waals surface area (Å²) < 4.78 is 2.71. The molecule has 0 bridgehead atoms. The van der Waals surface area contributed by atoms with Crippen molar-refractivity contribution in [2.45, 2.75) is 0 Å². The highest BCUT2D eigenvalue weighted by molar-refractivity contribution is 14.1. The fourth-order valence-electron chi connectivity index (χ4n) is 1.10. The van der Waals surface area contributed by atoms with Crippen LogP contribution in [0.15, 0.2) is 24.7 Å². The summed E-state index contributed by atoms with van der Waals surface area (Å²) in [5.41, 5.74) is 1.60. The molecule has 0 spiro atoms. The fraction of sp³-hybridized carbons (Fsp3) is 0. The third-order valence-corrected chi connectivity index (χ3v) is 2.60. The van der Waals surface area contributed by atoms with Crippen LogP contribution >= 0.6 is 22.6 Å². The van der Waals surface area contributed by atoms with Crippen LogP contribution in [0.3, 0.4) is 0 Å². The van der Waals surface area contributed by atoms with Crippen LogP contribution in [0.1, 0.15) is 10.5 Å². The van der Waals surface area contributed by atoms with Crippen molar-refractivity contribution < 1.29 is 4.79 Å². The van der Waals surface area contributed by atoms with Crippen molar-refractivity contribution in [3.05, 3.63) is 33.9 Å². The molecule has 2 rings (SSSR count). The van der Waals surface area contributed by atoms with Gasteiger partial charge in [0, 0.05) is 3.57 Å². The monoisotopic (exact) mass is 272 g/mol. The van der Waals surface area contributed by atoms with Crippen LogP contribution in [0.4, 0.5) is 0 Å². The van der Waals surface area contributed by atoms with E-state index in [1.54, 1.807) is 16.9 Å². The predicted octanol–water partition coefficient (Wildman–Crippen LogP) is 1.75. The first-order valence-corrected chi connectivity index (χ1v) is 4.46. The van der Waals surface area contributed by atoms with Gasteiger partial charge in [-0.2, -0.15) is 0 Å². The van der Waals surface area contributed by atoms with Crippen molar-refractivity contribution in [1.29, 1.82) is 0 Å². The van der Waals surface area contributed by atoms with Crippen molar-refractivity contribution in [1.82, 2.24) is 9.38 Å². The summed E-state index contributed by atoms with van der Waals surface area (Å²) in [6, 6.07) is 3.84. The van der Waals surface area contributed by atoms with Crippen LogP contribution in [-0.2, 0) is 0 Å². The number of halogens is 1. The molecule has 2 aromatic heterocycles. The second-order valence-corrected chi connectivity index (χ2v) is 3.54. The summed E-state index contributed by atoms with van der Waals surface area (Å²) in [4.78, 5) is 14.6. The molecule has 0 saturated carbocycles. The number of carbonyl (C=O) groups is 1. The zero-order chi connectivity index (χ0) is 8.55. The summed E-state index contributed by atoms with van der Waals surface area (Å²) in [6.07, 6.45) is 4.21. The molecule has 0 radical (unpaired) electrons. The van der Waals surface area contributed by atoms with Crippen LogP contribution in [0.25, 0.3) is 5.52 Å². The number of nitrogens with zero attached hydrogens (tertiary/aromatic N) is 2. The lowest BCUT2D eigenvalue weighted by Gasteiger charge is -1.99. The van der Waals surface area contributed by atoms with Crippen molar-refractivity contribution >= 4 is 34.4 Å². The fourth-order valence-corrected chi connectivity index (χ4v) is 1.67. The number of pyridine rings is 1. The van der Waals surface area contributed by atoms with Gasteiger partial charge in [0.2, 0.25) is 0 Å². The van der Waals surface area contributed by atoms with Crippen LogP contribution in [-0.4, -0.2) is 15.7 Å². The summed E-state index contributed by atoms with van der Waals surface area (Å²) in [6.45, 7) is 0. The van der Waals surface area contributed by atoms with Gasteiger partial charge >= 0.3 is 0 Å². The van der Waals surface area contributed by atoms with Crippen LogP contribution in [0.2, 0.25) is 0 Å². The molecule has 60 valence electrons. The van der Waals surface area contributed by atoms with E-state index in [4.69, 9.17) is 0 Å². The third kappa shape index (κ3) is 1.03. The van der Waals surface area contributed by atoms with Crippen LogP contribution in [0, 0.1) is 3.57 Å². The first-order valence-electron chi connectivity index (χ1n) is 3.38. The number of imidazole rings is 1. The molecule has 2 heterocycles. The maximum absolute atomic E-state index is 10.7. The highest BCUT2D eigenvalue weighted by Crippen LogP contribution is 2.12. The molecule has 0 aliphatic carbocycles. The van der Waals surface area contributed by atoms with Crippen molar-refractivity contribution in [3.8, 4) is 0 Å². The smallest absolute Gasteiger partial charge is 0.167 e. The molecule has 0 atom stereocenters. The summed E-state index contributed by atoms with van der Waals surface area (Å²) >= 11 is 2.13. The number of hydrogen-bond acceptors (Lipinski definition) is 2. The largest absolute Gasteiger partial charge is 0.296 e. The lowest BCUT2D eigenvalue weighted by molar-refractivity contribution is 0.111. The van der Waals surface area contributed by atoms with Crippen molar-refractivity contribution in [2.75, 3.05) is 0 Å². The molecule has 0 amide bonds. The Morgan fingerprint density at radius 2 is 2.33 bits per heavy atom. The molecule has 0 aliphatic rings. The number of hydrogen-bond donors (Lipinski definition) is 0. The number of fused-ring (bicyclic) bond motifs is 1. The quantitative estimate of drug-likeness (QED) is 0.585. The maximum atomic E-state index is 10.7. The second kappa shape index (κ2) is 2.85. The Balaban J connectivity index is 2.91. The van der Waals surface area contributed by atoms with Gasteiger partial charge in [0.15, 0.2) is 6.29 Å². The standard InChI is InChI=1S/C8H5IN2O/c9-7-2-1-6-3-10-5-11(6)8(7)4-12/h1-5H. The minimum absolute atomic E-state index is 0.658. The average Bonchev–Trinajstić information content (AvgIpc) is 2.52. The Labute approximate surface area is 82.6 Å². The zero-order valence-corrected chi connectivity index (χ0v) is 8.22. The number of carbonyl (C=O) groups excluding carboxylic acids is 1. The van der Waals surface area contributed by atoms with E-state index in [-0.39, 0.29) is 0 Å². The van der Waals surface area contributed by atoms with Gasteiger partial charge in [-0.05, 0) is 34.7 Å². The summed E-state index contributed by atoms with van der Waals surface area (Å²) in [5.74, 6) is 0. The number of rotatable bonds is 1. The van der Waals surface area contributed by atoms with E-state index in [0.717, 1.165) is 15.4 Å². The van der Waals surface area contributed by atoms with Gasteiger partial charge in [0.1, 0.15) is 5.69 Å². The summed E-state index contributed by atoms with van der Waals surface area (Å²) in [5, 5.41) is 0. The molecule has 2 aromatic rings. The Bertz CT molecular complexity index is 436. The second-order valence-electron chi connectivity index (χ2n) is 2.37. The van der Waals surface area contributed by atoms with Gasteiger partial charge in [0.05, 0.1) is 18.0 Å².